The third-order valence-corrected chi connectivity index (χ3v) is 1.93. The van der Waals surface area contributed by atoms with Gasteiger partial charge in [0.25, 0.3) is 0 Å². The summed E-state index contributed by atoms with van der Waals surface area (Å²) in [6.07, 6.45) is 1.21. The van der Waals surface area contributed by atoms with E-state index in [4.69, 9.17) is 0 Å². The summed E-state index contributed by atoms with van der Waals surface area (Å²) < 4.78 is 0. The smallest absolute Gasteiger partial charge is 0 e. The average Bonchev–Trinajstić information content (AvgIpc) is 2.05. The first-order valence-corrected chi connectivity index (χ1v) is 3.80. The Morgan fingerprint density at radius 1 is 1.36 bits per heavy atom. The maximum absolute atomic E-state index is 3.01. The van der Waals surface area contributed by atoms with Gasteiger partial charge in [-0.2, -0.15) is 35.9 Å². The summed E-state index contributed by atoms with van der Waals surface area (Å²) in [5.41, 5.74) is 1.42. The molecule has 57 valence electrons. The van der Waals surface area contributed by atoms with Gasteiger partial charge < -0.3 is 0 Å². The van der Waals surface area contributed by atoms with Crippen LogP contribution in [0.2, 0.25) is 0 Å². The van der Waals surface area contributed by atoms with Crippen molar-refractivity contribution in [2.24, 2.45) is 0 Å². The molecule has 0 heterocycles. The molecule has 0 aromatic heterocycles. The Morgan fingerprint density at radius 3 is 2.36 bits per heavy atom. The van der Waals surface area contributed by atoms with Gasteiger partial charge in [-0.05, 0) is 5.92 Å². The van der Waals surface area contributed by atoms with Crippen molar-refractivity contribution >= 4 is 0 Å². The summed E-state index contributed by atoms with van der Waals surface area (Å²) in [5.74, 6) is 0.689. The molecule has 0 aliphatic carbocycles. The number of rotatable bonds is 2. The van der Waals surface area contributed by atoms with Crippen molar-refractivity contribution in [1.82, 2.24) is 0 Å². The molecule has 0 saturated carbocycles. The van der Waals surface area contributed by atoms with E-state index in [9.17, 15) is 0 Å². The van der Waals surface area contributed by atoms with Gasteiger partial charge in [0.05, 0.1) is 0 Å². The van der Waals surface area contributed by atoms with Gasteiger partial charge in [0, 0.05) is 32.7 Å². The van der Waals surface area contributed by atoms with Crippen LogP contribution in [-0.2, 0) is 32.7 Å². The van der Waals surface area contributed by atoms with Crippen molar-refractivity contribution < 1.29 is 32.7 Å². The Labute approximate surface area is 94.3 Å². The second kappa shape index (κ2) is 5.91. The molecule has 0 aliphatic rings. The zero-order valence-electron chi connectivity index (χ0n) is 7.17. The van der Waals surface area contributed by atoms with Crippen molar-refractivity contribution in [2.45, 2.75) is 26.2 Å². The van der Waals surface area contributed by atoms with Crippen molar-refractivity contribution in [2.75, 3.05) is 0 Å². The quantitative estimate of drug-likeness (QED) is 0.675. The summed E-state index contributed by atoms with van der Waals surface area (Å²) in [7, 11) is 0. The molecule has 0 bridgehead atoms. The monoisotopic (exact) mass is 222 g/mol. The molecule has 0 nitrogen and oxygen atoms in total. The zero-order chi connectivity index (χ0) is 7.40. The van der Waals surface area contributed by atoms with E-state index >= 15 is 0 Å². The van der Waals surface area contributed by atoms with E-state index in [1.807, 2.05) is 12.1 Å². The van der Waals surface area contributed by atoms with E-state index < -0.39 is 0 Å². The van der Waals surface area contributed by atoms with Gasteiger partial charge in [0.1, 0.15) is 0 Å². The SMILES string of the molecule is CCC(C)c1cc[c-]cc1.[Y]. The van der Waals surface area contributed by atoms with Crippen LogP contribution in [0.25, 0.3) is 0 Å². The van der Waals surface area contributed by atoms with E-state index in [0.717, 1.165) is 0 Å². The normalized spacial score (nSPS) is 11.8. The summed E-state index contributed by atoms with van der Waals surface area (Å²) in [4.78, 5) is 0. The summed E-state index contributed by atoms with van der Waals surface area (Å²) in [6, 6.07) is 11.2. The fourth-order valence-corrected chi connectivity index (χ4v) is 0.964. The molecule has 1 unspecified atom stereocenters. The largest absolute Gasteiger partial charge is 0.184 e. The Bertz CT molecular complexity index is 181. The van der Waals surface area contributed by atoms with E-state index in [1.54, 1.807) is 0 Å². The van der Waals surface area contributed by atoms with Crippen LogP contribution >= 0.6 is 0 Å². The molecule has 0 spiro atoms. The van der Waals surface area contributed by atoms with Gasteiger partial charge in [0.2, 0.25) is 0 Å². The minimum absolute atomic E-state index is 0. The van der Waals surface area contributed by atoms with Gasteiger partial charge in [0.15, 0.2) is 0 Å². The minimum atomic E-state index is 0. The first-order chi connectivity index (χ1) is 4.84. The van der Waals surface area contributed by atoms with Crippen LogP contribution in [0, 0.1) is 6.07 Å². The predicted molar refractivity (Wildman–Crippen MR) is 44.0 cm³/mol. The van der Waals surface area contributed by atoms with Gasteiger partial charge in [-0.1, -0.05) is 20.3 Å². The molecule has 11 heavy (non-hydrogen) atoms. The molecule has 1 rings (SSSR count). The van der Waals surface area contributed by atoms with Crippen LogP contribution in [0.3, 0.4) is 0 Å². The van der Waals surface area contributed by atoms with Gasteiger partial charge >= 0.3 is 0 Å². The Morgan fingerprint density at radius 2 is 1.91 bits per heavy atom. The Hall–Kier alpha value is 0.324. The molecular weight excluding hydrogens is 209 g/mol. The molecule has 0 aliphatic heterocycles. The van der Waals surface area contributed by atoms with Gasteiger partial charge in [-0.25, -0.2) is 0 Å². The number of benzene rings is 1. The molecule has 0 N–H and O–H groups in total. The summed E-state index contributed by atoms with van der Waals surface area (Å²) >= 11 is 0. The molecule has 1 heteroatoms. The van der Waals surface area contributed by atoms with Crippen molar-refractivity contribution in [3.63, 3.8) is 0 Å². The van der Waals surface area contributed by atoms with E-state index in [-0.39, 0.29) is 32.7 Å². The van der Waals surface area contributed by atoms with Crippen LogP contribution in [-0.4, -0.2) is 0 Å². The third kappa shape index (κ3) is 3.49. The van der Waals surface area contributed by atoms with Crippen molar-refractivity contribution in [3.05, 3.63) is 35.9 Å². The Balaban J connectivity index is 0.000001000. The molecule has 1 atom stereocenters. The molecule has 1 aromatic rings. The topological polar surface area (TPSA) is 0 Å². The first kappa shape index (κ1) is 11.3. The van der Waals surface area contributed by atoms with Crippen LogP contribution in [0.15, 0.2) is 24.3 Å². The fraction of sp³-hybridized carbons (Fsp3) is 0.400. The summed E-state index contributed by atoms with van der Waals surface area (Å²) in [5, 5.41) is 0. The Kier molecular flexibility index (Phi) is 6.08. The summed E-state index contributed by atoms with van der Waals surface area (Å²) in [6.45, 7) is 4.46. The van der Waals surface area contributed by atoms with Crippen LogP contribution in [0.4, 0.5) is 0 Å². The standard InChI is InChI=1S/C10H13.Y/c1-3-9(2)10-7-5-4-6-8-10;/h5-9H,3H2,1-2H3;/q-1;. The zero-order valence-corrected chi connectivity index (χ0v) is 10.0. The predicted octanol–water partition coefficient (Wildman–Crippen LogP) is 3.00. The second-order valence-electron chi connectivity index (χ2n) is 2.64. The van der Waals surface area contributed by atoms with Crippen molar-refractivity contribution in [3.8, 4) is 0 Å². The fourth-order valence-electron chi connectivity index (χ4n) is 0.964. The van der Waals surface area contributed by atoms with Gasteiger partial charge in [-0.15, -0.1) is 0 Å². The second-order valence-corrected chi connectivity index (χ2v) is 2.64. The van der Waals surface area contributed by atoms with Crippen molar-refractivity contribution in [1.29, 1.82) is 0 Å². The van der Waals surface area contributed by atoms with Crippen LogP contribution < -0.4 is 0 Å². The maximum atomic E-state index is 3.01. The van der Waals surface area contributed by atoms with E-state index in [2.05, 4.69) is 32.0 Å². The third-order valence-electron chi connectivity index (χ3n) is 1.93. The van der Waals surface area contributed by atoms with Gasteiger partial charge in [-0.3, -0.25) is 0 Å². The molecule has 0 amide bonds. The number of hydrogen-bond acceptors (Lipinski definition) is 0. The van der Waals surface area contributed by atoms with E-state index in [0.29, 0.717) is 5.92 Å². The molecular formula is C10H13Y-. The number of hydrogen-bond donors (Lipinski definition) is 0. The van der Waals surface area contributed by atoms with Crippen LogP contribution in [0.1, 0.15) is 31.7 Å². The average molecular weight is 222 g/mol. The molecule has 0 saturated heterocycles. The molecule has 1 radical (unpaired) electrons. The maximum Gasteiger partial charge on any atom is 0 e. The molecule has 0 fully saturated rings. The van der Waals surface area contributed by atoms with Crippen LogP contribution in [0.5, 0.6) is 0 Å². The first-order valence-electron chi connectivity index (χ1n) is 3.80. The van der Waals surface area contributed by atoms with E-state index in [1.165, 1.54) is 12.0 Å². The molecule has 1 aromatic carbocycles. The minimum Gasteiger partial charge on any atom is -0.184 e.